The average Bonchev–Trinajstić information content (AvgIpc) is 2.71. The second-order valence-corrected chi connectivity index (χ2v) is 5.42. The predicted molar refractivity (Wildman–Crippen MR) is 77.1 cm³/mol. The summed E-state index contributed by atoms with van der Waals surface area (Å²) in [6.45, 7) is 0. The van der Waals surface area contributed by atoms with Crippen LogP contribution < -0.4 is 5.73 Å². The number of carboxylic acids is 1. The molecule has 0 saturated heterocycles. The Hall–Kier alpha value is -2.14. The topological polar surface area (TPSA) is 81.1 Å². The Morgan fingerprint density at radius 1 is 1.50 bits per heavy atom. The lowest BCUT2D eigenvalue weighted by atomic mass is 9.77. The van der Waals surface area contributed by atoms with Crippen molar-refractivity contribution in [1.82, 2.24) is 9.55 Å². The zero-order valence-corrected chi connectivity index (χ0v) is 11.3. The first-order valence-electron chi connectivity index (χ1n) is 6.66. The fraction of sp³-hybridized carbons (Fsp3) is 0.333. The van der Waals surface area contributed by atoms with Gasteiger partial charge in [-0.15, -0.1) is 0 Å². The van der Waals surface area contributed by atoms with Gasteiger partial charge in [-0.25, -0.2) is 9.78 Å². The van der Waals surface area contributed by atoms with E-state index < -0.39 is 5.97 Å². The zero-order chi connectivity index (χ0) is 14.3. The summed E-state index contributed by atoms with van der Waals surface area (Å²) in [5.41, 5.74) is 8.76. The number of aliphatic carboxylic acids is 1. The van der Waals surface area contributed by atoms with E-state index in [1.54, 1.807) is 6.08 Å². The molecule has 1 aromatic heterocycles. The minimum atomic E-state index is -0.953. The van der Waals surface area contributed by atoms with E-state index >= 15 is 0 Å². The Balaban J connectivity index is 2.06. The van der Waals surface area contributed by atoms with Crippen LogP contribution in [0.5, 0.6) is 0 Å². The summed E-state index contributed by atoms with van der Waals surface area (Å²) in [5, 5.41) is 8.67. The van der Waals surface area contributed by atoms with Gasteiger partial charge >= 0.3 is 5.97 Å². The highest BCUT2D eigenvalue weighted by Gasteiger charge is 2.38. The van der Waals surface area contributed by atoms with Crippen LogP contribution in [0.3, 0.4) is 0 Å². The van der Waals surface area contributed by atoms with Crippen molar-refractivity contribution in [2.75, 3.05) is 0 Å². The van der Waals surface area contributed by atoms with Crippen LogP contribution in [0.4, 0.5) is 0 Å². The Bertz CT molecular complexity index is 711. The molecule has 1 aromatic carbocycles. The van der Waals surface area contributed by atoms with E-state index in [1.165, 1.54) is 0 Å². The van der Waals surface area contributed by atoms with Gasteiger partial charge in [-0.3, -0.25) is 0 Å². The second kappa shape index (κ2) is 4.45. The summed E-state index contributed by atoms with van der Waals surface area (Å²) in [7, 11) is 1.96. The van der Waals surface area contributed by atoms with Crippen molar-refractivity contribution in [1.29, 1.82) is 0 Å². The van der Waals surface area contributed by atoms with E-state index in [9.17, 15) is 4.79 Å². The number of hydrogen-bond donors (Lipinski definition) is 2. The van der Waals surface area contributed by atoms with Crippen LogP contribution in [-0.4, -0.2) is 20.6 Å². The summed E-state index contributed by atoms with van der Waals surface area (Å²) >= 11 is 0. The van der Waals surface area contributed by atoms with Gasteiger partial charge in [0, 0.05) is 13.1 Å². The molecule has 0 aliphatic heterocycles. The minimum absolute atomic E-state index is 0.301. The summed E-state index contributed by atoms with van der Waals surface area (Å²) < 4.78 is 2.02. The fourth-order valence-corrected chi connectivity index (χ4v) is 2.70. The summed E-state index contributed by atoms with van der Waals surface area (Å²) in [5.74, 6) is -0.0377. The Morgan fingerprint density at radius 3 is 2.85 bits per heavy atom. The normalized spacial score (nSPS) is 17.5. The number of carbonyl (C=O) groups is 1. The third-order valence-corrected chi connectivity index (χ3v) is 4.01. The van der Waals surface area contributed by atoms with E-state index in [4.69, 9.17) is 10.8 Å². The van der Waals surface area contributed by atoms with E-state index in [0.717, 1.165) is 47.8 Å². The van der Waals surface area contributed by atoms with Gasteiger partial charge in [-0.1, -0.05) is 6.07 Å². The number of nitrogens with zero attached hydrogens (tertiary/aromatic N) is 2. The maximum absolute atomic E-state index is 10.6. The highest BCUT2D eigenvalue weighted by molar-refractivity contribution is 5.87. The Labute approximate surface area is 116 Å². The molecular weight excluding hydrogens is 254 g/mol. The van der Waals surface area contributed by atoms with Gasteiger partial charge in [0.15, 0.2) is 0 Å². The highest BCUT2D eigenvalue weighted by atomic mass is 16.4. The maximum Gasteiger partial charge on any atom is 0.328 e. The third-order valence-electron chi connectivity index (χ3n) is 4.01. The number of aromatic nitrogens is 2. The lowest BCUT2D eigenvalue weighted by molar-refractivity contribution is -0.131. The molecule has 1 heterocycles. The largest absolute Gasteiger partial charge is 0.478 e. The van der Waals surface area contributed by atoms with Gasteiger partial charge in [-0.2, -0.15) is 0 Å². The predicted octanol–water partition coefficient (Wildman–Crippen LogP) is 2.01. The maximum atomic E-state index is 10.6. The molecule has 0 spiro atoms. The molecule has 0 unspecified atom stereocenters. The average molecular weight is 271 g/mol. The van der Waals surface area contributed by atoms with Crippen molar-refractivity contribution in [3.63, 3.8) is 0 Å². The minimum Gasteiger partial charge on any atom is -0.478 e. The zero-order valence-electron chi connectivity index (χ0n) is 11.3. The van der Waals surface area contributed by atoms with E-state index in [0.29, 0.717) is 0 Å². The molecule has 1 saturated carbocycles. The van der Waals surface area contributed by atoms with Crippen molar-refractivity contribution < 1.29 is 9.90 Å². The van der Waals surface area contributed by atoms with Crippen molar-refractivity contribution >= 4 is 23.1 Å². The highest BCUT2D eigenvalue weighted by Crippen LogP contribution is 2.39. The van der Waals surface area contributed by atoms with Crippen LogP contribution in [0.25, 0.3) is 17.1 Å². The Kier molecular flexibility index (Phi) is 2.87. The monoisotopic (exact) mass is 271 g/mol. The van der Waals surface area contributed by atoms with Crippen LogP contribution in [0.2, 0.25) is 0 Å². The molecule has 2 aromatic rings. The van der Waals surface area contributed by atoms with Crippen molar-refractivity contribution in [3.8, 4) is 0 Å². The van der Waals surface area contributed by atoms with Gasteiger partial charge < -0.3 is 15.4 Å². The number of hydrogen-bond acceptors (Lipinski definition) is 3. The molecule has 0 atom stereocenters. The van der Waals surface area contributed by atoms with Crippen LogP contribution >= 0.6 is 0 Å². The number of fused-ring (bicyclic) bond motifs is 1. The van der Waals surface area contributed by atoms with Crippen molar-refractivity contribution in [3.05, 3.63) is 35.7 Å². The van der Waals surface area contributed by atoms with Crippen molar-refractivity contribution in [2.45, 2.75) is 24.8 Å². The third kappa shape index (κ3) is 2.00. The summed E-state index contributed by atoms with van der Waals surface area (Å²) in [6.07, 6.45) is 5.79. The van der Waals surface area contributed by atoms with Crippen LogP contribution in [-0.2, 0) is 17.4 Å². The molecule has 0 bridgehead atoms. The molecule has 0 radical (unpaired) electrons. The first-order valence-corrected chi connectivity index (χ1v) is 6.66. The number of aryl methyl sites for hydroxylation is 1. The molecule has 104 valence electrons. The van der Waals surface area contributed by atoms with Crippen molar-refractivity contribution in [2.24, 2.45) is 12.8 Å². The summed E-state index contributed by atoms with van der Waals surface area (Å²) in [4.78, 5) is 15.2. The molecule has 1 aliphatic rings. The number of carboxylic acid groups (broad SMARTS) is 1. The van der Waals surface area contributed by atoms with E-state index in [2.05, 4.69) is 4.98 Å². The fourth-order valence-electron chi connectivity index (χ4n) is 2.70. The first-order chi connectivity index (χ1) is 9.49. The number of imidazole rings is 1. The van der Waals surface area contributed by atoms with Gasteiger partial charge in [0.05, 0.1) is 16.6 Å². The van der Waals surface area contributed by atoms with Gasteiger partial charge in [0.25, 0.3) is 0 Å². The quantitative estimate of drug-likeness (QED) is 0.837. The smallest absolute Gasteiger partial charge is 0.328 e. The van der Waals surface area contributed by atoms with E-state index in [1.807, 2.05) is 29.8 Å². The van der Waals surface area contributed by atoms with Gasteiger partial charge in [-0.05, 0) is 43.0 Å². The summed E-state index contributed by atoms with van der Waals surface area (Å²) in [6, 6.07) is 5.71. The molecule has 5 heteroatoms. The van der Waals surface area contributed by atoms with E-state index in [-0.39, 0.29) is 5.54 Å². The molecular formula is C15H17N3O2. The molecule has 5 nitrogen and oxygen atoms in total. The van der Waals surface area contributed by atoms with Crippen LogP contribution in [0.1, 0.15) is 30.7 Å². The number of benzene rings is 1. The molecule has 1 aliphatic carbocycles. The molecule has 3 rings (SSSR count). The molecule has 1 fully saturated rings. The van der Waals surface area contributed by atoms with Crippen LogP contribution in [0.15, 0.2) is 24.3 Å². The number of rotatable bonds is 3. The first kappa shape index (κ1) is 12.9. The molecule has 0 amide bonds. The SMILES string of the molecule is Cn1c(C2(N)CCC2)nc2ccc(C=CC(=O)O)cc21. The molecule has 20 heavy (non-hydrogen) atoms. The lowest BCUT2D eigenvalue weighted by Crippen LogP contribution is -2.45. The standard InChI is InChI=1S/C15H17N3O2/c1-18-12-9-10(4-6-13(19)20)3-5-11(12)17-14(18)15(16)7-2-8-15/h3-6,9H,2,7-8,16H2,1H3,(H,19,20). The van der Waals surface area contributed by atoms with Gasteiger partial charge in [0.1, 0.15) is 5.82 Å². The lowest BCUT2D eigenvalue weighted by Gasteiger charge is -2.37. The Morgan fingerprint density at radius 2 is 2.25 bits per heavy atom. The van der Waals surface area contributed by atoms with Crippen LogP contribution in [0, 0.1) is 0 Å². The molecule has 3 N–H and O–H groups in total. The number of nitrogens with two attached hydrogens (primary N) is 1. The van der Waals surface area contributed by atoms with Gasteiger partial charge in [0.2, 0.25) is 0 Å². The second-order valence-electron chi connectivity index (χ2n) is 5.42.